The van der Waals surface area contributed by atoms with Gasteiger partial charge in [0.25, 0.3) is 5.91 Å². The van der Waals surface area contributed by atoms with Crippen molar-refractivity contribution in [3.8, 4) is 0 Å². The summed E-state index contributed by atoms with van der Waals surface area (Å²) in [5.41, 5.74) is 7.70. The second kappa shape index (κ2) is 8.48. The van der Waals surface area contributed by atoms with E-state index in [1.54, 1.807) is 6.07 Å². The minimum absolute atomic E-state index is 0.166. The number of rotatable bonds is 5. The number of benzene rings is 1. The quantitative estimate of drug-likeness (QED) is 0.459. The Balaban J connectivity index is 1.57. The standard InChI is InChI=1S/C29H36N2O2/c1-8-20-10-9-19(3)30-26(20)31-27(32)25-12-11-22(33-25)16-21-17-24-23(15-18(21)2)28(4,5)13-14-29(24,6)7/h9-12,15,17H,8,13-14,16H2,1-7H3,(H,30,31,32). The SMILES string of the molecule is CCc1ccc(C)nc1NC(=O)c1ccc(Cc2cc3c(cc2C)C(C)(C)CCC3(C)C)o1. The molecule has 0 fully saturated rings. The van der Waals surface area contributed by atoms with E-state index in [1.165, 1.54) is 35.1 Å². The lowest BCUT2D eigenvalue weighted by Gasteiger charge is -2.42. The van der Waals surface area contributed by atoms with Crippen molar-refractivity contribution in [1.29, 1.82) is 0 Å². The number of amides is 1. The summed E-state index contributed by atoms with van der Waals surface area (Å²) in [4.78, 5) is 17.3. The molecule has 4 nitrogen and oxygen atoms in total. The molecular formula is C29H36N2O2. The fourth-order valence-corrected chi connectivity index (χ4v) is 4.89. The number of anilines is 1. The van der Waals surface area contributed by atoms with E-state index in [0.29, 0.717) is 18.0 Å². The number of aromatic nitrogens is 1. The van der Waals surface area contributed by atoms with Gasteiger partial charge in [-0.1, -0.05) is 52.8 Å². The Morgan fingerprint density at radius 3 is 2.30 bits per heavy atom. The van der Waals surface area contributed by atoms with Crippen molar-refractivity contribution in [2.75, 3.05) is 5.32 Å². The van der Waals surface area contributed by atoms with Gasteiger partial charge in [0.2, 0.25) is 0 Å². The van der Waals surface area contributed by atoms with Crippen molar-refractivity contribution in [1.82, 2.24) is 4.98 Å². The maximum atomic E-state index is 12.8. The van der Waals surface area contributed by atoms with E-state index in [0.717, 1.165) is 23.4 Å². The first kappa shape index (κ1) is 23.3. The summed E-state index contributed by atoms with van der Waals surface area (Å²) in [5, 5.41) is 2.92. The number of hydrogen-bond donors (Lipinski definition) is 1. The lowest BCUT2D eigenvalue weighted by atomic mass is 9.62. The number of furan rings is 1. The van der Waals surface area contributed by atoms with Crippen LogP contribution in [-0.4, -0.2) is 10.9 Å². The molecule has 33 heavy (non-hydrogen) atoms. The maximum absolute atomic E-state index is 12.8. The Morgan fingerprint density at radius 1 is 0.970 bits per heavy atom. The van der Waals surface area contributed by atoms with Crippen LogP contribution < -0.4 is 5.32 Å². The molecule has 0 aliphatic heterocycles. The topological polar surface area (TPSA) is 55.1 Å². The number of hydrogen-bond acceptors (Lipinski definition) is 3. The molecule has 0 saturated heterocycles. The van der Waals surface area contributed by atoms with E-state index in [9.17, 15) is 4.79 Å². The predicted molar refractivity (Wildman–Crippen MR) is 134 cm³/mol. The molecule has 0 unspecified atom stereocenters. The van der Waals surface area contributed by atoms with Crippen LogP contribution in [0.25, 0.3) is 0 Å². The van der Waals surface area contributed by atoms with Gasteiger partial charge >= 0.3 is 0 Å². The predicted octanol–water partition coefficient (Wildman–Crippen LogP) is 7.05. The van der Waals surface area contributed by atoms with Gasteiger partial charge in [-0.05, 0) is 90.0 Å². The molecule has 1 aliphatic rings. The van der Waals surface area contributed by atoms with Gasteiger partial charge < -0.3 is 9.73 Å². The molecule has 174 valence electrons. The van der Waals surface area contributed by atoms with Crippen LogP contribution in [0, 0.1) is 13.8 Å². The molecule has 0 saturated carbocycles. The van der Waals surface area contributed by atoms with E-state index in [-0.39, 0.29) is 16.7 Å². The lowest BCUT2D eigenvalue weighted by Crippen LogP contribution is -2.34. The van der Waals surface area contributed by atoms with Gasteiger partial charge in [-0.15, -0.1) is 0 Å². The molecule has 1 aromatic carbocycles. The highest BCUT2D eigenvalue weighted by atomic mass is 16.3. The number of aryl methyl sites for hydroxylation is 3. The van der Waals surface area contributed by atoms with Crippen LogP contribution in [-0.2, 0) is 23.7 Å². The molecular weight excluding hydrogens is 408 g/mol. The van der Waals surface area contributed by atoms with Crippen LogP contribution in [0.1, 0.15) is 97.3 Å². The Bertz CT molecular complexity index is 1200. The summed E-state index contributed by atoms with van der Waals surface area (Å²) < 4.78 is 5.98. The van der Waals surface area contributed by atoms with E-state index in [2.05, 4.69) is 64.0 Å². The molecule has 1 N–H and O–H groups in total. The van der Waals surface area contributed by atoms with Gasteiger partial charge in [0.1, 0.15) is 11.6 Å². The summed E-state index contributed by atoms with van der Waals surface area (Å²) in [7, 11) is 0. The van der Waals surface area contributed by atoms with Crippen molar-refractivity contribution in [3.05, 3.63) is 81.4 Å². The summed E-state index contributed by atoms with van der Waals surface area (Å²) in [5.74, 6) is 1.45. The summed E-state index contributed by atoms with van der Waals surface area (Å²) in [6.45, 7) is 15.5. The number of carbonyl (C=O) groups excluding carboxylic acids is 1. The average molecular weight is 445 g/mol. The normalized spacial score (nSPS) is 16.3. The van der Waals surface area contributed by atoms with E-state index in [4.69, 9.17) is 4.42 Å². The van der Waals surface area contributed by atoms with E-state index >= 15 is 0 Å². The zero-order valence-electron chi connectivity index (χ0n) is 21.1. The molecule has 1 amide bonds. The summed E-state index contributed by atoms with van der Waals surface area (Å²) in [6.07, 6.45) is 3.87. The van der Waals surface area contributed by atoms with Crippen LogP contribution >= 0.6 is 0 Å². The van der Waals surface area contributed by atoms with Crippen LogP contribution in [0.15, 0.2) is 40.8 Å². The second-order valence-electron chi connectivity index (χ2n) is 10.8. The third kappa shape index (κ3) is 4.62. The van der Waals surface area contributed by atoms with Gasteiger partial charge in [0, 0.05) is 12.1 Å². The lowest BCUT2D eigenvalue weighted by molar-refractivity contribution is 0.0994. The highest BCUT2D eigenvalue weighted by Crippen LogP contribution is 2.46. The van der Waals surface area contributed by atoms with Crippen LogP contribution in [0.2, 0.25) is 0 Å². The smallest absolute Gasteiger partial charge is 0.292 e. The Hall–Kier alpha value is -2.88. The fraction of sp³-hybridized carbons (Fsp3) is 0.448. The number of pyridine rings is 1. The first-order valence-corrected chi connectivity index (χ1v) is 12.0. The van der Waals surface area contributed by atoms with Gasteiger partial charge in [-0.25, -0.2) is 4.98 Å². The number of nitrogens with zero attached hydrogens (tertiary/aromatic N) is 1. The average Bonchev–Trinajstić information content (AvgIpc) is 3.21. The Kier molecular flexibility index (Phi) is 5.98. The Labute approximate surface area is 197 Å². The summed E-state index contributed by atoms with van der Waals surface area (Å²) in [6, 6.07) is 12.4. The van der Waals surface area contributed by atoms with Crippen molar-refractivity contribution in [2.45, 2.75) is 85.0 Å². The molecule has 0 bridgehead atoms. The molecule has 0 atom stereocenters. The minimum Gasteiger partial charge on any atom is -0.456 e. The highest BCUT2D eigenvalue weighted by Gasteiger charge is 2.37. The zero-order valence-corrected chi connectivity index (χ0v) is 21.1. The monoisotopic (exact) mass is 444 g/mol. The Morgan fingerprint density at radius 2 is 1.64 bits per heavy atom. The highest BCUT2D eigenvalue weighted by molar-refractivity contribution is 6.02. The first-order valence-electron chi connectivity index (χ1n) is 12.0. The van der Waals surface area contributed by atoms with Crippen molar-refractivity contribution >= 4 is 11.7 Å². The second-order valence-corrected chi connectivity index (χ2v) is 10.8. The van der Waals surface area contributed by atoms with Crippen LogP contribution in [0.4, 0.5) is 5.82 Å². The van der Waals surface area contributed by atoms with Gasteiger partial charge in [-0.3, -0.25) is 4.79 Å². The molecule has 3 aromatic rings. The van der Waals surface area contributed by atoms with Crippen LogP contribution in [0.3, 0.4) is 0 Å². The number of carbonyl (C=O) groups is 1. The molecule has 4 rings (SSSR count). The molecule has 0 radical (unpaired) electrons. The van der Waals surface area contributed by atoms with Crippen molar-refractivity contribution in [2.24, 2.45) is 0 Å². The fourth-order valence-electron chi connectivity index (χ4n) is 4.89. The van der Waals surface area contributed by atoms with Gasteiger partial charge in [-0.2, -0.15) is 0 Å². The molecule has 0 spiro atoms. The van der Waals surface area contributed by atoms with Gasteiger partial charge in [0.05, 0.1) is 0 Å². The summed E-state index contributed by atoms with van der Waals surface area (Å²) >= 11 is 0. The molecule has 2 aromatic heterocycles. The van der Waals surface area contributed by atoms with Gasteiger partial charge in [0.15, 0.2) is 5.76 Å². The zero-order chi connectivity index (χ0) is 24.0. The van der Waals surface area contributed by atoms with Crippen molar-refractivity contribution in [3.63, 3.8) is 0 Å². The van der Waals surface area contributed by atoms with E-state index < -0.39 is 0 Å². The minimum atomic E-state index is -0.265. The molecule has 4 heteroatoms. The van der Waals surface area contributed by atoms with Crippen molar-refractivity contribution < 1.29 is 9.21 Å². The van der Waals surface area contributed by atoms with Crippen LogP contribution in [0.5, 0.6) is 0 Å². The first-order chi connectivity index (χ1) is 15.5. The maximum Gasteiger partial charge on any atom is 0.292 e. The third-order valence-electron chi connectivity index (χ3n) is 7.29. The van der Waals surface area contributed by atoms with E-state index in [1.807, 2.05) is 25.1 Å². The number of fused-ring (bicyclic) bond motifs is 1. The number of nitrogens with one attached hydrogen (secondary N) is 1. The molecule has 1 aliphatic carbocycles. The molecule has 2 heterocycles. The third-order valence-corrected chi connectivity index (χ3v) is 7.29. The largest absolute Gasteiger partial charge is 0.456 e.